The highest BCUT2D eigenvalue weighted by atomic mass is 16.6. The molecule has 294 valence electrons. The number of hydrogen-bond donors (Lipinski definition) is 6. The van der Waals surface area contributed by atoms with Gasteiger partial charge in [0, 0.05) is 6.54 Å². The average molecular weight is 712 g/mol. The van der Waals surface area contributed by atoms with Gasteiger partial charge in [-0.1, -0.05) is 124 Å². The van der Waals surface area contributed by atoms with Gasteiger partial charge in [0.25, 0.3) is 0 Å². The van der Waals surface area contributed by atoms with E-state index in [1.54, 1.807) is 6.92 Å². The summed E-state index contributed by atoms with van der Waals surface area (Å²) < 4.78 is 5.60. The molecule has 0 aromatic carbocycles. The fraction of sp³-hybridized carbons (Fsp3) is 0.897. The molecule has 0 bridgehead atoms. The number of carboxylic acids is 2. The molecular formula is C39H77N5O6. The van der Waals surface area contributed by atoms with E-state index in [1.165, 1.54) is 96.3 Å². The minimum atomic E-state index is -1.28. The van der Waals surface area contributed by atoms with Gasteiger partial charge >= 0.3 is 18.0 Å². The van der Waals surface area contributed by atoms with Crippen LogP contribution in [0.15, 0.2) is 0 Å². The lowest BCUT2D eigenvalue weighted by Gasteiger charge is -2.31. The number of nitrogens with one attached hydrogen (secondary N) is 3. The van der Waals surface area contributed by atoms with Crippen LogP contribution in [0.25, 0.3) is 0 Å². The van der Waals surface area contributed by atoms with Crippen molar-refractivity contribution in [1.82, 2.24) is 15.8 Å². The van der Waals surface area contributed by atoms with E-state index < -0.39 is 30.1 Å². The second-order valence-corrected chi connectivity index (χ2v) is 14.4. The third kappa shape index (κ3) is 25.5. The van der Waals surface area contributed by atoms with Crippen molar-refractivity contribution in [2.24, 2.45) is 17.6 Å². The molecule has 0 fully saturated rings. The van der Waals surface area contributed by atoms with Gasteiger partial charge in [0.1, 0.15) is 12.1 Å². The summed E-state index contributed by atoms with van der Waals surface area (Å²) in [4.78, 5) is 37.8. The van der Waals surface area contributed by atoms with Gasteiger partial charge in [-0.25, -0.2) is 20.0 Å². The highest BCUT2D eigenvalue weighted by Gasteiger charge is 2.34. The number of ether oxygens (including phenoxy) is 1. The minimum Gasteiger partial charge on any atom is -0.480 e. The van der Waals surface area contributed by atoms with Crippen LogP contribution in [0.4, 0.5) is 4.79 Å². The Bertz CT molecular complexity index is 876. The Morgan fingerprint density at radius 3 is 1.76 bits per heavy atom. The number of nitrogens with two attached hydrogens (primary N) is 1. The Morgan fingerprint density at radius 2 is 1.22 bits per heavy atom. The number of amides is 1. The normalized spacial score (nSPS) is 13.7. The summed E-state index contributed by atoms with van der Waals surface area (Å²) in [6.45, 7) is 9.61. The summed E-state index contributed by atoms with van der Waals surface area (Å²) >= 11 is 0. The lowest BCUT2D eigenvalue weighted by molar-refractivity contribution is -0.148. The SMILES string of the molecule is CCCCCCCCCC(CCCCOC(=O)N(N[C@@H](CCCCNC(C)=N)C(=O)O)[C@@H](CCCCN)C(=O)O)C(C)CCCCCCCC. The zero-order valence-corrected chi connectivity index (χ0v) is 32.5. The average Bonchev–Trinajstić information content (AvgIpc) is 3.07. The molecule has 50 heavy (non-hydrogen) atoms. The molecule has 0 aliphatic rings. The molecule has 0 saturated carbocycles. The number of carbonyl (C=O) groups is 3. The number of carboxylic acid groups (broad SMARTS) is 2. The van der Waals surface area contributed by atoms with Crippen molar-refractivity contribution in [2.75, 3.05) is 19.7 Å². The molecule has 7 N–H and O–H groups in total. The standard InChI is InChI=1S/C39H77N5O6/c1-5-7-9-11-13-15-17-25-34(32(3)24-16-14-12-10-8-6-2)26-20-23-31-50-39(49)44(36(38(47)48)28-18-21-29-40)43-35(37(45)46)27-19-22-30-42-33(4)41/h32,34-36,43H,5-31,40H2,1-4H3,(H2,41,42)(H,45,46)(H,47,48)/t32?,34?,35-,36-/m0/s1. The van der Waals surface area contributed by atoms with Gasteiger partial charge in [0.2, 0.25) is 0 Å². The van der Waals surface area contributed by atoms with Crippen LogP contribution in [-0.2, 0) is 14.3 Å². The van der Waals surface area contributed by atoms with Crippen LogP contribution in [-0.4, -0.2) is 70.9 Å². The number of hydrazine groups is 1. The lowest BCUT2D eigenvalue weighted by atomic mass is 9.82. The summed E-state index contributed by atoms with van der Waals surface area (Å²) in [6, 6.07) is -2.45. The van der Waals surface area contributed by atoms with E-state index in [2.05, 4.69) is 31.5 Å². The van der Waals surface area contributed by atoms with Gasteiger partial charge in [-0.3, -0.25) is 10.2 Å². The van der Waals surface area contributed by atoms with Crippen LogP contribution >= 0.6 is 0 Å². The van der Waals surface area contributed by atoms with Gasteiger partial charge < -0.3 is 26.0 Å². The van der Waals surface area contributed by atoms with Crippen LogP contribution in [0, 0.1) is 17.2 Å². The van der Waals surface area contributed by atoms with Crippen LogP contribution < -0.4 is 16.5 Å². The molecule has 0 radical (unpaired) electrons. The summed E-state index contributed by atoms with van der Waals surface area (Å²) in [5, 5.41) is 31.2. The largest absolute Gasteiger partial charge is 0.480 e. The number of nitrogens with zero attached hydrogens (tertiary/aromatic N) is 1. The lowest BCUT2D eigenvalue weighted by Crippen LogP contribution is -2.58. The third-order valence-corrected chi connectivity index (χ3v) is 9.82. The van der Waals surface area contributed by atoms with Crippen LogP contribution in [0.2, 0.25) is 0 Å². The molecule has 0 aliphatic carbocycles. The maximum absolute atomic E-state index is 13.3. The van der Waals surface area contributed by atoms with Crippen molar-refractivity contribution < 1.29 is 29.3 Å². The predicted octanol–water partition coefficient (Wildman–Crippen LogP) is 9.04. The van der Waals surface area contributed by atoms with Crippen molar-refractivity contribution in [1.29, 1.82) is 5.41 Å². The minimum absolute atomic E-state index is 0.125. The fourth-order valence-corrected chi connectivity index (χ4v) is 6.57. The molecular weight excluding hydrogens is 634 g/mol. The smallest absolute Gasteiger partial charge is 0.425 e. The Balaban J connectivity index is 5.26. The van der Waals surface area contributed by atoms with Gasteiger partial charge in [0.15, 0.2) is 0 Å². The molecule has 11 heteroatoms. The van der Waals surface area contributed by atoms with Crippen molar-refractivity contribution in [2.45, 2.75) is 194 Å². The quantitative estimate of drug-likeness (QED) is 0.0162. The summed E-state index contributed by atoms with van der Waals surface area (Å²) in [5.41, 5.74) is 8.32. The first-order chi connectivity index (χ1) is 24.1. The van der Waals surface area contributed by atoms with Gasteiger partial charge in [-0.2, -0.15) is 0 Å². The number of carbonyl (C=O) groups excluding carboxylic acids is 1. The van der Waals surface area contributed by atoms with Crippen molar-refractivity contribution in [3.8, 4) is 0 Å². The molecule has 11 nitrogen and oxygen atoms in total. The van der Waals surface area contributed by atoms with E-state index >= 15 is 0 Å². The first-order valence-corrected chi connectivity index (χ1v) is 20.3. The fourth-order valence-electron chi connectivity index (χ4n) is 6.57. The maximum Gasteiger partial charge on any atom is 0.425 e. The predicted molar refractivity (Wildman–Crippen MR) is 204 cm³/mol. The van der Waals surface area contributed by atoms with E-state index in [0.717, 1.165) is 17.9 Å². The summed E-state index contributed by atoms with van der Waals surface area (Å²) in [5.74, 6) is -0.768. The van der Waals surface area contributed by atoms with Crippen molar-refractivity contribution >= 4 is 23.9 Å². The monoisotopic (exact) mass is 712 g/mol. The zero-order chi connectivity index (χ0) is 37.4. The number of aliphatic carboxylic acids is 2. The Labute approximate surface area is 305 Å². The molecule has 1 amide bonds. The first-order valence-electron chi connectivity index (χ1n) is 20.3. The highest BCUT2D eigenvalue weighted by Crippen LogP contribution is 2.29. The topological polar surface area (TPSA) is 178 Å². The van der Waals surface area contributed by atoms with Gasteiger partial charge in [0.05, 0.1) is 12.4 Å². The Kier molecular flexibility index (Phi) is 30.9. The molecule has 0 heterocycles. The maximum atomic E-state index is 13.3. The molecule has 0 rings (SSSR count). The van der Waals surface area contributed by atoms with E-state index in [-0.39, 0.29) is 19.4 Å². The number of amidine groups is 1. The Hall–Kier alpha value is -2.40. The van der Waals surface area contributed by atoms with Crippen molar-refractivity contribution in [3.05, 3.63) is 0 Å². The summed E-state index contributed by atoms with van der Waals surface area (Å²) in [7, 11) is 0. The van der Waals surface area contributed by atoms with Gasteiger partial charge in [-0.15, -0.1) is 0 Å². The number of unbranched alkanes of at least 4 members (excludes halogenated alkanes) is 14. The first kappa shape index (κ1) is 47.6. The molecule has 0 saturated heterocycles. The van der Waals surface area contributed by atoms with Crippen molar-refractivity contribution in [3.63, 3.8) is 0 Å². The van der Waals surface area contributed by atoms with E-state index in [0.29, 0.717) is 62.9 Å². The molecule has 0 aromatic heterocycles. The van der Waals surface area contributed by atoms with Crippen LogP contribution in [0.3, 0.4) is 0 Å². The van der Waals surface area contributed by atoms with Crippen LogP contribution in [0.1, 0.15) is 182 Å². The molecule has 0 spiro atoms. The molecule has 0 aromatic rings. The van der Waals surface area contributed by atoms with E-state index in [4.69, 9.17) is 15.9 Å². The number of rotatable bonds is 35. The third-order valence-electron chi connectivity index (χ3n) is 9.82. The van der Waals surface area contributed by atoms with Gasteiger partial charge in [-0.05, 0) is 76.7 Å². The zero-order valence-electron chi connectivity index (χ0n) is 32.5. The second kappa shape index (κ2) is 32.5. The van der Waals surface area contributed by atoms with E-state index in [9.17, 15) is 24.6 Å². The number of hydrogen-bond acceptors (Lipinski definition) is 7. The second-order valence-electron chi connectivity index (χ2n) is 14.4. The van der Waals surface area contributed by atoms with E-state index in [1.807, 2.05) is 0 Å². The van der Waals surface area contributed by atoms with Crippen LogP contribution in [0.5, 0.6) is 0 Å². The molecule has 2 unspecified atom stereocenters. The molecule has 4 atom stereocenters. The summed E-state index contributed by atoms with van der Waals surface area (Å²) in [6.07, 6.45) is 23.8. The molecule has 0 aliphatic heterocycles. The Morgan fingerprint density at radius 1 is 0.700 bits per heavy atom. The highest BCUT2D eigenvalue weighted by molar-refractivity contribution is 5.80.